The number of aryl methyl sites for hydroxylation is 1. The summed E-state index contributed by atoms with van der Waals surface area (Å²) in [5.41, 5.74) is 3.96. The molecule has 3 heterocycles. The predicted molar refractivity (Wildman–Crippen MR) is 113 cm³/mol. The highest BCUT2D eigenvalue weighted by Crippen LogP contribution is 2.24. The Morgan fingerprint density at radius 2 is 2.07 bits per heavy atom. The lowest BCUT2D eigenvalue weighted by Gasteiger charge is -2.29. The predicted octanol–water partition coefficient (Wildman–Crippen LogP) is 3.65. The van der Waals surface area contributed by atoms with Crippen LogP contribution in [-0.2, 0) is 23.3 Å². The second kappa shape index (κ2) is 7.03. The van der Waals surface area contributed by atoms with Crippen molar-refractivity contribution in [3.05, 3.63) is 69.3 Å². The summed E-state index contributed by atoms with van der Waals surface area (Å²) in [7, 11) is 0. The zero-order valence-electron chi connectivity index (χ0n) is 17.2. The molecule has 0 bridgehead atoms. The Hall–Kier alpha value is -3.15. The number of carbonyl (C=O) groups is 1. The molecule has 0 saturated heterocycles. The number of nitrogens with zero attached hydrogens (tertiary/aromatic N) is 3. The van der Waals surface area contributed by atoms with Crippen molar-refractivity contribution < 1.29 is 9.21 Å². The van der Waals surface area contributed by atoms with Crippen molar-refractivity contribution in [2.45, 2.75) is 46.2 Å². The first-order chi connectivity index (χ1) is 13.7. The molecule has 0 fully saturated rings. The third kappa shape index (κ3) is 3.62. The molecule has 150 valence electrons. The molecular formula is C23H25N3O3. The lowest BCUT2D eigenvalue weighted by Crippen LogP contribution is -2.36. The van der Waals surface area contributed by atoms with Gasteiger partial charge in [-0.05, 0) is 45.9 Å². The second-order valence-corrected chi connectivity index (χ2v) is 8.56. The van der Waals surface area contributed by atoms with Crippen LogP contribution < -0.4 is 5.43 Å². The first kappa shape index (κ1) is 19.2. The minimum absolute atomic E-state index is 0.0812. The molecule has 1 aromatic carbocycles. The van der Waals surface area contributed by atoms with Gasteiger partial charge in [-0.3, -0.25) is 14.3 Å². The molecule has 0 saturated carbocycles. The number of amides is 1. The molecule has 0 unspecified atom stereocenters. The van der Waals surface area contributed by atoms with E-state index in [0.29, 0.717) is 29.6 Å². The van der Waals surface area contributed by atoms with Gasteiger partial charge >= 0.3 is 0 Å². The molecule has 0 N–H and O–H groups in total. The molecule has 1 aliphatic heterocycles. The van der Waals surface area contributed by atoms with E-state index in [0.717, 1.165) is 17.5 Å². The smallest absolute Gasteiger partial charge is 0.246 e. The summed E-state index contributed by atoms with van der Waals surface area (Å²) in [6.07, 6.45) is 7.02. The van der Waals surface area contributed by atoms with E-state index in [1.54, 1.807) is 23.1 Å². The Labute approximate surface area is 169 Å². The van der Waals surface area contributed by atoms with Crippen LogP contribution in [0.4, 0.5) is 0 Å². The average molecular weight is 391 g/mol. The van der Waals surface area contributed by atoms with Crippen molar-refractivity contribution in [3.63, 3.8) is 0 Å². The van der Waals surface area contributed by atoms with Crippen LogP contribution in [0.5, 0.6) is 0 Å². The summed E-state index contributed by atoms with van der Waals surface area (Å²) < 4.78 is 7.59. The highest BCUT2D eigenvalue weighted by atomic mass is 16.3. The lowest BCUT2D eigenvalue weighted by atomic mass is 10.0. The van der Waals surface area contributed by atoms with Gasteiger partial charge in [0.05, 0.1) is 22.7 Å². The fraction of sp³-hybridized carbons (Fsp3) is 0.348. The molecule has 0 spiro atoms. The normalized spacial score (nSPS) is 14.6. The Bertz CT molecular complexity index is 1180. The number of rotatable bonds is 2. The molecule has 0 atom stereocenters. The molecule has 6 nitrogen and oxygen atoms in total. The van der Waals surface area contributed by atoms with Crippen LogP contribution in [0.15, 0.2) is 45.9 Å². The lowest BCUT2D eigenvalue weighted by molar-refractivity contribution is -0.126. The van der Waals surface area contributed by atoms with Crippen LogP contribution in [0.3, 0.4) is 0 Å². The molecular weight excluding hydrogens is 366 g/mol. The van der Waals surface area contributed by atoms with E-state index in [2.05, 4.69) is 25.9 Å². The maximum absolute atomic E-state index is 12.7. The van der Waals surface area contributed by atoms with Crippen LogP contribution in [-0.4, -0.2) is 27.1 Å². The minimum Gasteiger partial charge on any atom is -0.463 e. The fourth-order valence-electron chi connectivity index (χ4n) is 3.74. The third-order valence-electron chi connectivity index (χ3n) is 5.24. The highest BCUT2D eigenvalue weighted by molar-refractivity contribution is 5.92. The summed E-state index contributed by atoms with van der Waals surface area (Å²) >= 11 is 0. The van der Waals surface area contributed by atoms with Gasteiger partial charge < -0.3 is 9.32 Å². The topological polar surface area (TPSA) is 68.3 Å². The Morgan fingerprint density at radius 3 is 2.83 bits per heavy atom. The molecule has 1 amide bonds. The zero-order valence-corrected chi connectivity index (χ0v) is 17.2. The van der Waals surface area contributed by atoms with E-state index < -0.39 is 0 Å². The van der Waals surface area contributed by atoms with Crippen LogP contribution in [0, 0.1) is 6.92 Å². The molecule has 6 heteroatoms. The first-order valence-electron chi connectivity index (χ1n) is 9.79. The van der Waals surface area contributed by atoms with Crippen molar-refractivity contribution in [2.24, 2.45) is 0 Å². The molecule has 29 heavy (non-hydrogen) atoms. The van der Waals surface area contributed by atoms with Gasteiger partial charge in [-0.1, -0.05) is 11.6 Å². The van der Waals surface area contributed by atoms with Crippen molar-refractivity contribution in [3.8, 4) is 0 Å². The fourth-order valence-corrected chi connectivity index (χ4v) is 3.74. The van der Waals surface area contributed by atoms with Crippen molar-refractivity contribution in [2.75, 3.05) is 6.54 Å². The Morgan fingerprint density at radius 1 is 1.28 bits per heavy atom. The largest absolute Gasteiger partial charge is 0.463 e. The van der Waals surface area contributed by atoms with E-state index in [4.69, 9.17) is 4.42 Å². The number of hydrogen-bond acceptors (Lipinski definition) is 4. The number of carbonyl (C=O) groups excluding carboxylic acids is 1. The maximum atomic E-state index is 12.7. The van der Waals surface area contributed by atoms with Gasteiger partial charge in [-0.15, -0.1) is 0 Å². The second-order valence-electron chi connectivity index (χ2n) is 8.56. The molecule has 2 aromatic heterocycles. The van der Waals surface area contributed by atoms with Crippen molar-refractivity contribution >= 4 is 23.0 Å². The number of aromatic nitrogens is 2. The Kier molecular flexibility index (Phi) is 4.65. The van der Waals surface area contributed by atoms with Gasteiger partial charge in [0.1, 0.15) is 11.8 Å². The van der Waals surface area contributed by atoms with E-state index in [1.165, 1.54) is 18.0 Å². The van der Waals surface area contributed by atoms with Crippen LogP contribution in [0.2, 0.25) is 0 Å². The van der Waals surface area contributed by atoms with Gasteiger partial charge in [0, 0.05) is 36.8 Å². The van der Waals surface area contributed by atoms with E-state index in [-0.39, 0.29) is 16.9 Å². The standard InChI is InChI=1S/C23H25N3O3/c1-15-5-7-20-18(11-15)22(28)16(14-29-20)6-8-21(27)25-10-9-19-17(13-25)12-24-26(19)23(2,3)4/h5-8,11-12,14H,9-10,13H2,1-4H3/b8-6+. The van der Waals surface area contributed by atoms with Crippen molar-refractivity contribution in [1.82, 2.24) is 14.7 Å². The molecule has 0 radical (unpaired) electrons. The van der Waals surface area contributed by atoms with Gasteiger partial charge in [0.25, 0.3) is 0 Å². The van der Waals surface area contributed by atoms with Crippen LogP contribution in [0.25, 0.3) is 17.0 Å². The number of fused-ring (bicyclic) bond motifs is 2. The summed E-state index contributed by atoms with van der Waals surface area (Å²) in [5, 5.41) is 5.04. The third-order valence-corrected chi connectivity index (χ3v) is 5.24. The monoisotopic (exact) mass is 391 g/mol. The summed E-state index contributed by atoms with van der Waals surface area (Å²) in [6, 6.07) is 5.49. The summed E-state index contributed by atoms with van der Waals surface area (Å²) in [6.45, 7) is 9.45. The van der Waals surface area contributed by atoms with Gasteiger partial charge in [-0.25, -0.2) is 0 Å². The van der Waals surface area contributed by atoms with Crippen LogP contribution in [0.1, 0.15) is 43.2 Å². The van der Waals surface area contributed by atoms with Gasteiger partial charge in [0.2, 0.25) is 5.91 Å². The quantitative estimate of drug-likeness (QED) is 0.626. The van der Waals surface area contributed by atoms with Gasteiger partial charge in [0.15, 0.2) is 5.43 Å². The number of hydrogen-bond donors (Lipinski definition) is 0. The number of benzene rings is 1. The van der Waals surface area contributed by atoms with E-state index in [1.807, 2.05) is 23.9 Å². The van der Waals surface area contributed by atoms with Crippen LogP contribution >= 0.6 is 0 Å². The van der Waals surface area contributed by atoms with Crippen molar-refractivity contribution in [1.29, 1.82) is 0 Å². The van der Waals surface area contributed by atoms with Gasteiger partial charge in [-0.2, -0.15) is 5.10 Å². The van der Waals surface area contributed by atoms with E-state index >= 15 is 0 Å². The van der Waals surface area contributed by atoms with E-state index in [9.17, 15) is 9.59 Å². The molecule has 4 rings (SSSR count). The maximum Gasteiger partial charge on any atom is 0.246 e. The molecule has 0 aliphatic carbocycles. The zero-order chi connectivity index (χ0) is 20.8. The summed E-state index contributed by atoms with van der Waals surface area (Å²) in [5.74, 6) is -0.122. The average Bonchev–Trinajstić information content (AvgIpc) is 3.11. The molecule has 3 aromatic rings. The summed E-state index contributed by atoms with van der Waals surface area (Å²) in [4.78, 5) is 27.2. The Balaban J connectivity index is 1.54. The first-order valence-corrected chi connectivity index (χ1v) is 9.79. The minimum atomic E-state index is -0.133. The SMILES string of the molecule is Cc1ccc2occ(/C=C/C(=O)N3CCc4c(cnn4C(C)(C)C)C3)c(=O)c2c1. The molecule has 1 aliphatic rings. The highest BCUT2D eigenvalue weighted by Gasteiger charge is 2.26.